The third-order valence-electron chi connectivity index (χ3n) is 2.86. The van der Waals surface area contributed by atoms with Crippen molar-refractivity contribution < 1.29 is 14.8 Å². The van der Waals surface area contributed by atoms with Crippen LogP contribution in [0.4, 0.5) is 0 Å². The number of nitrogens with zero attached hydrogens (tertiary/aromatic N) is 1. The Labute approximate surface area is 94.6 Å². The number of hydrogen-bond donors (Lipinski definition) is 2. The van der Waals surface area contributed by atoms with Crippen molar-refractivity contribution in [2.75, 3.05) is 0 Å². The number of phenolic OH excluding ortho intramolecular Hbond substituents is 2. The van der Waals surface area contributed by atoms with E-state index in [0.29, 0.717) is 11.6 Å². The largest absolute Gasteiger partial charge is 0.504 e. The molecule has 0 saturated carbocycles. The average molecular weight is 218 g/mol. The van der Waals surface area contributed by atoms with E-state index in [4.69, 9.17) is 0 Å². The molecule has 0 atom stereocenters. The van der Waals surface area contributed by atoms with Gasteiger partial charge in [-0.3, -0.25) is 0 Å². The van der Waals surface area contributed by atoms with Crippen LogP contribution in [0.3, 0.4) is 0 Å². The zero-order valence-corrected chi connectivity index (χ0v) is 9.73. The predicted octanol–water partition coefficient (Wildman–Crippen LogP) is 2.43. The number of aromatic hydroxyl groups is 2. The van der Waals surface area contributed by atoms with Crippen LogP contribution in [0.1, 0.15) is 25.5 Å². The molecule has 1 aromatic heterocycles. The standard InChI is InChI=1S/C13H15NO2/c1-8(2)14-6-4-5-10-7-11(15)13(16)9(3)12(10)14/h4-8,15H,1-3H3/p+1. The molecule has 0 saturated heterocycles. The first-order valence-electron chi connectivity index (χ1n) is 5.37. The average Bonchev–Trinajstić information content (AvgIpc) is 2.25. The van der Waals surface area contributed by atoms with Crippen molar-refractivity contribution in [3.05, 3.63) is 30.0 Å². The summed E-state index contributed by atoms with van der Waals surface area (Å²) in [5, 5.41) is 20.2. The highest BCUT2D eigenvalue weighted by atomic mass is 16.3. The molecule has 3 nitrogen and oxygen atoms in total. The molecule has 84 valence electrons. The van der Waals surface area contributed by atoms with Crippen molar-refractivity contribution in [1.82, 2.24) is 0 Å². The van der Waals surface area contributed by atoms with Crippen LogP contribution >= 0.6 is 0 Å². The van der Waals surface area contributed by atoms with Crippen LogP contribution in [0, 0.1) is 6.92 Å². The highest BCUT2D eigenvalue weighted by Crippen LogP contribution is 2.33. The van der Waals surface area contributed by atoms with Crippen molar-refractivity contribution in [2.24, 2.45) is 0 Å². The first kappa shape index (κ1) is 10.7. The molecule has 0 unspecified atom stereocenters. The molecule has 2 rings (SSSR count). The third-order valence-corrected chi connectivity index (χ3v) is 2.86. The van der Waals surface area contributed by atoms with Gasteiger partial charge in [0, 0.05) is 6.07 Å². The fraction of sp³-hybridized carbons (Fsp3) is 0.308. The number of phenols is 2. The normalized spacial score (nSPS) is 11.2. The molecule has 2 aromatic rings. The summed E-state index contributed by atoms with van der Waals surface area (Å²) in [6.07, 6.45) is 1.98. The van der Waals surface area contributed by atoms with Gasteiger partial charge in [-0.05, 0) is 32.9 Å². The van der Waals surface area contributed by atoms with Gasteiger partial charge in [-0.1, -0.05) is 0 Å². The van der Waals surface area contributed by atoms with Gasteiger partial charge in [0.2, 0.25) is 5.52 Å². The number of benzene rings is 1. The van der Waals surface area contributed by atoms with Gasteiger partial charge in [0.1, 0.15) is 0 Å². The van der Waals surface area contributed by atoms with Crippen LogP contribution in [-0.2, 0) is 0 Å². The zero-order chi connectivity index (χ0) is 11.9. The molecule has 0 aliphatic carbocycles. The maximum Gasteiger partial charge on any atom is 0.219 e. The lowest BCUT2D eigenvalue weighted by Gasteiger charge is -2.08. The number of pyridine rings is 1. The van der Waals surface area contributed by atoms with Crippen molar-refractivity contribution in [3.63, 3.8) is 0 Å². The van der Waals surface area contributed by atoms with E-state index >= 15 is 0 Å². The predicted molar refractivity (Wildman–Crippen MR) is 62.6 cm³/mol. The van der Waals surface area contributed by atoms with Crippen molar-refractivity contribution in [2.45, 2.75) is 26.8 Å². The van der Waals surface area contributed by atoms with Gasteiger partial charge < -0.3 is 10.2 Å². The second kappa shape index (κ2) is 3.67. The second-order valence-corrected chi connectivity index (χ2v) is 4.32. The van der Waals surface area contributed by atoms with Crippen molar-refractivity contribution in [1.29, 1.82) is 0 Å². The van der Waals surface area contributed by atoms with E-state index in [2.05, 4.69) is 18.4 Å². The molecule has 3 heteroatoms. The Morgan fingerprint density at radius 2 is 1.94 bits per heavy atom. The van der Waals surface area contributed by atoms with Gasteiger partial charge in [0.25, 0.3) is 0 Å². The van der Waals surface area contributed by atoms with Gasteiger partial charge in [-0.25, -0.2) is 0 Å². The van der Waals surface area contributed by atoms with E-state index in [1.54, 1.807) is 6.07 Å². The van der Waals surface area contributed by atoms with E-state index in [1.807, 2.05) is 25.3 Å². The highest BCUT2D eigenvalue weighted by Gasteiger charge is 2.19. The number of fused-ring (bicyclic) bond motifs is 1. The molecule has 0 amide bonds. The lowest BCUT2D eigenvalue weighted by molar-refractivity contribution is -0.691. The third kappa shape index (κ3) is 1.48. The molecule has 1 heterocycles. The molecule has 0 aliphatic rings. The van der Waals surface area contributed by atoms with E-state index in [9.17, 15) is 10.2 Å². The smallest absolute Gasteiger partial charge is 0.219 e. The lowest BCUT2D eigenvalue weighted by atomic mass is 10.1. The molecule has 0 aliphatic heterocycles. The summed E-state index contributed by atoms with van der Waals surface area (Å²) in [6, 6.07) is 5.78. The Hall–Kier alpha value is -1.77. The fourth-order valence-electron chi connectivity index (χ4n) is 2.02. The molecule has 0 bridgehead atoms. The molecule has 2 N–H and O–H groups in total. The van der Waals surface area contributed by atoms with E-state index in [1.165, 1.54) is 0 Å². The number of aryl methyl sites for hydroxylation is 1. The quantitative estimate of drug-likeness (QED) is 0.570. The first-order chi connectivity index (χ1) is 7.52. The molecule has 0 radical (unpaired) electrons. The maximum absolute atomic E-state index is 9.75. The Morgan fingerprint density at radius 3 is 2.56 bits per heavy atom. The van der Waals surface area contributed by atoms with Crippen LogP contribution in [0.2, 0.25) is 0 Å². The Morgan fingerprint density at radius 1 is 1.25 bits per heavy atom. The summed E-state index contributed by atoms with van der Waals surface area (Å²) >= 11 is 0. The van der Waals surface area contributed by atoms with Gasteiger partial charge in [0.15, 0.2) is 23.7 Å². The first-order valence-corrected chi connectivity index (χ1v) is 5.37. The summed E-state index contributed by atoms with van der Waals surface area (Å²) in [4.78, 5) is 0. The number of rotatable bonds is 1. The summed E-state index contributed by atoms with van der Waals surface area (Å²) in [7, 11) is 0. The minimum Gasteiger partial charge on any atom is -0.504 e. The molecule has 0 fully saturated rings. The van der Waals surface area contributed by atoms with Crippen LogP contribution in [0.15, 0.2) is 24.4 Å². The van der Waals surface area contributed by atoms with Crippen LogP contribution in [-0.4, -0.2) is 10.2 Å². The number of aromatic nitrogens is 1. The van der Waals surface area contributed by atoms with E-state index < -0.39 is 0 Å². The highest BCUT2D eigenvalue weighted by molar-refractivity contribution is 5.83. The Bertz CT molecular complexity index is 547. The van der Waals surface area contributed by atoms with Gasteiger partial charge >= 0.3 is 0 Å². The summed E-state index contributed by atoms with van der Waals surface area (Å²) < 4.78 is 2.09. The van der Waals surface area contributed by atoms with Gasteiger partial charge in [-0.2, -0.15) is 4.57 Å². The maximum atomic E-state index is 9.75. The Kier molecular flexibility index (Phi) is 2.46. The minimum atomic E-state index is -0.0634. The van der Waals surface area contributed by atoms with Gasteiger partial charge in [-0.15, -0.1) is 0 Å². The van der Waals surface area contributed by atoms with E-state index in [-0.39, 0.29) is 11.5 Å². The second-order valence-electron chi connectivity index (χ2n) is 4.32. The number of hydrogen-bond acceptors (Lipinski definition) is 2. The van der Waals surface area contributed by atoms with Crippen molar-refractivity contribution >= 4 is 10.9 Å². The monoisotopic (exact) mass is 218 g/mol. The van der Waals surface area contributed by atoms with Crippen LogP contribution in [0.5, 0.6) is 11.5 Å². The Balaban J connectivity index is 2.92. The van der Waals surface area contributed by atoms with Crippen molar-refractivity contribution in [3.8, 4) is 11.5 Å². The van der Waals surface area contributed by atoms with Crippen LogP contribution < -0.4 is 4.57 Å². The van der Waals surface area contributed by atoms with Gasteiger partial charge in [0.05, 0.1) is 10.9 Å². The fourth-order valence-corrected chi connectivity index (χ4v) is 2.02. The molecule has 1 aromatic carbocycles. The summed E-state index contributed by atoms with van der Waals surface area (Å²) in [5.41, 5.74) is 1.68. The topological polar surface area (TPSA) is 44.3 Å². The SMILES string of the molecule is Cc1c(O)c(O)cc2ccc[n+](C(C)C)c12. The van der Waals surface area contributed by atoms with Crippen LogP contribution in [0.25, 0.3) is 10.9 Å². The molecule has 16 heavy (non-hydrogen) atoms. The minimum absolute atomic E-state index is 0.0342. The lowest BCUT2D eigenvalue weighted by Crippen LogP contribution is -2.36. The molecular formula is C13H16NO2+. The molecule has 0 spiro atoms. The summed E-state index contributed by atoms with van der Waals surface area (Å²) in [5.74, 6) is -0.0976. The molecular weight excluding hydrogens is 202 g/mol. The van der Waals surface area contributed by atoms with E-state index in [0.717, 1.165) is 10.9 Å². The zero-order valence-electron chi connectivity index (χ0n) is 9.73. The summed E-state index contributed by atoms with van der Waals surface area (Å²) in [6.45, 7) is 5.99.